The van der Waals surface area contributed by atoms with Crippen LogP contribution in [0.15, 0.2) is 23.3 Å². The highest BCUT2D eigenvalue weighted by molar-refractivity contribution is 5.79. The van der Waals surface area contributed by atoms with Crippen LogP contribution in [0.2, 0.25) is 0 Å². The molecular weight excluding hydrogens is 288 g/mol. The van der Waals surface area contributed by atoms with E-state index in [4.69, 9.17) is 0 Å². The van der Waals surface area contributed by atoms with Crippen LogP contribution in [-0.4, -0.2) is 28.2 Å². The first-order valence-electron chi connectivity index (χ1n) is 9.15. The van der Waals surface area contributed by atoms with Gasteiger partial charge >= 0.3 is 0 Å². The van der Waals surface area contributed by atoms with Crippen molar-refractivity contribution in [2.75, 3.05) is 0 Å². The predicted molar refractivity (Wildman–Crippen MR) is 90.9 cm³/mol. The van der Waals surface area contributed by atoms with E-state index in [0.29, 0.717) is 31.0 Å². The van der Waals surface area contributed by atoms with Gasteiger partial charge < -0.3 is 10.2 Å². The first-order valence-corrected chi connectivity index (χ1v) is 9.15. The number of hydrogen-bond acceptors (Lipinski definition) is 3. The molecule has 0 amide bonds. The van der Waals surface area contributed by atoms with Gasteiger partial charge in [-0.15, -0.1) is 0 Å². The van der Waals surface area contributed by atoms with Crippen LogP contribution in [0.4, 0.5) is 0 Å². The van der Waals surface area contributed by atoms with Gasteiger partial charge in [-0.3, -0.25) is 4.79 Å². The summed E-state index contributed by atoms with van der Waals surface area (Å²) in [6.45, 7) is 4.06. The Morgan fingerprint density at radius 3 is 2.52 bits per heavy atom. The van der Waals surface area contributed by atoms with Gasteiger partial charge in [-0.2, -0.15) is 0 Å². The monoisotopic (exact) mass is 318 g/mol. The molecule has 3 heteroatoms. The van der Waals surface area contributed by atoms with Crippen LogP contribution >= 0.6 is 0 Å². The second-order valence-corrected chi connectivity index (χ2v) is 8.17. The van der Waals surface area contributed by atoms with Crippen molar-refractivity contribution in [3.63, 3.8) is 0 Å². The third-order valence-electron chi connectivity index (χ3n) is 6.53. The summed E-state index contributed by atoms with van der Waals surface area (Å²) in [6, 6.07) is 0. The molecule has 0 saturated heterocycles. The summed E-state index contributed by atoms with van der Waals surface area (Å²) in [5.41, 5.74) is 2.77. The van der Waals surface area contributed by atoms with Crippen LogP contribution in [0.5, 0.6) is 0 Å². The third kappa shape index (κ3) is 3.32. The lowest BCUT2D eigenvalue weighted by Gasteiger charge is -2.41. The van der Waals surface area contributed by atoms with Gasteiger partial charge in [-0.1, -0.05) is 30.2 Å². The highest BCUT2D eigenvalue weighted by Gasteiger charge is 2.50. The van der Waals surface area contributed by atoms with Gasteiger partial charge in [0.05, 0.1) is 12.2 Å². The molecule has 0 aromatic carbocycles. The summed E-state index contributed by atoms with van der Waals surface area (Å²) in [5, 5.41) is 19.6. The lowest BCUT2D eigenvalue weighted by Crippen LogP contribution is -2.36. The van der Waals surface area contributed by atoms with E-state index in [-0.39, 0.29) is 11.3 Å². The van der Waals surface area contributed by atoms with Gasteiger partial charge in [-0.05, 0) is 69.6 Å². The Balaban J connectivity index is 1.79. The largest absolute Gasteiger partial charge is 0.393 e. The Labute approximate surface area is 139 Å². The van der Waals surface area contributed by atoms with E-state index in [1.165, 1.54) is 5.57 Å². The number of aliphatic hydroxyl groups is 2. The topological polar surface area (TPSA) is 57.5 Å². The molecule has 2 N–H and O–H groups in total. The molecule has 3 nitrogen and oxygen atoms in total. The Morgan fingerprint density at radius 2 is 1.87 bits per heavy atom. The number of Topliss-reactive ketones (excluding diaryl/α,β-unsaturated/α-hetero) is 1. The predicted octanol–water partition coefficient (Wildman–Crippen LogP) is 3.55. The number of carbonyl (C=O) groups excluding carboxylic acids is 1. The number of carbonyl (C=O) groups is 1. The van der Waals surface area contributed by atoms with E-state index in [1.54, 1.807) is 6.92 Å². The maximum absolute atomic E-state index is 12.0. The minimum absolute atomic E-state index is 0.139. The van der Waals surface area contributed by atoms with Gasteiger partial charge in [0.25, 0.3) is 0 Å². The fraction of sp³-hybridized carbons (Fsp3) is 0.750. The van der Waals surface area contributed by atoms with Crippen LogP contribution < -0.4 is 0 Å². The normalized spacial score (nSPS) is 42.6. The maximum Gasteiger partial charge on any atom is 0.133 e. The Kier molecular flexibility index (Phi) is 4.80. The van der Waals surface area contributed by atoms with Crippen molar-refractivity contribution >= 4 is 5.78 Å². The summed E-state index contributed by atoms with van der Waals surface area (Å²) >= 11 is 0. The van der Waals surface area contributed by atoms with E-state index in [0.717, 1.165) is 37.7 Å². The molecule has 0 spiro atoms. The van der Waals surface area contributed by atoms with Crippen LogP contribution in [0.3, 0.4) is 0 Å². The van der Waals surface area contributed by atoms with Gasteiger partial charge in [0, 0.05) is 5.92 Å². The summed E-state index contributed by atoms with van der Waals surface area (Å²) in [5.74, 6) is 1.11. The number of allylic oxidation sites excluding steroid dienone is 3. The average molecular weight is 318 g/mol. The lowest BCUT2D eigenvalue weighted by molar-refractivity contribution is -0.124. The molecule has 0 aromatic rings. The molecule has 5 atom stereocenters. The van der Waals surface area contributed by atoms with E-state index in [2.05, 4.69) is 19.1 Å². The average Bonchev–Trinajstić information content (AvgIpc) is 2.81. The molecule has 3 aliphatic rings. The van der Waals surface area contributed by atoms with Crippen LogP contribution in [-0.2, 0) is 4.79 Å². The van der Waals surface area contributed by atoms with Crippen LogP contribution in [0.1, 0.15) is 65.2 Å². The number of rotatable bonds is 2. The van der Waals surface area contributed by atoms with E-state index in [1.807, 2.05) is 0 Å². The summed E-state index contributed by atoms with van der Waals surface area (Å²) in [7, 11) is 0. The summed E-state index contributed by atoms with van der Waals surface area (Å²) < 4.78 is 0. The molecule has 0 bridgehead atoms. The van der Waals surface area contributed by atoms with E-state index >= 15 is 0 Å². The first-order chi connectivity index (χ1) is 10.9. The van der Waals surface area contributed by atoms with E-state index in [9.17, 15) is 15.0 Å². The summed E-state index contributed by atoms with van der Waals surface area (Å²) in [6.07, 6.45) is 11.0. The lowest BCUT2D eigenvalue weighted by atomic mass is 9.63. The van der Waals surface area contributed by atoms with Gasteiger partial charge in [0.2, 0.25) is 0 Å². The molecule has 0 heterocycles. The second kappa shape index (κ2) is 6.52. The zero-order chi connectivity index (χ0) is 16.6. The fourth-order valence-corrected chi connectivity index (χ4v) is 5.44. The smallest absolute Gasteiger partial charge is 0.133 e. The zero-order valence-electron chi connectivity index (χ0n) is 14.4. The second-order valence-electron chi connectivity index (χ2n) is 8.17. The molecule has 128 valence electrons. The highest BCUT2D eigenvalue weighted by Crippen LogP contribution is 2.57. The van der Waals surface area contributed by atoms with E-state index < -0.39 is 12.2 Å². The molecule has 0 aliphatic heterocycles. The van der Waals surface area contributed by atoms with Crippen molar-refractivity contribution in [1.29, 1.82) is 0 Å². The molecule has 3 saturated carbocycles. The Hall–Kier alpha value is -0.930. The van der Waals surface area contributed by atoms with Crippen LogP contribution in [0.25, 0.3) is 0 Å². The minimum Gasteiger partial charge on any atom is -0.393 e. The van der Waals surface area contributed by atoms with Crippen LogP contribution in [0, 0.1) is 17.3 Å². The zero-order valence-corrected chi connectivity index (χ0v) is 14.4. The molecule has 3 fully saturated rings. The Bertz CT molecular complexity index is 521. The van der Waals surface area contributed by atoms with Crippen molar-refractivity contribution in [3.8, 4) is 0 Å². The molecule has 3 aliphatic carbocycles. The maximum atomic E-state index is 12.0. The fourth-order valence-electron chi connectivity index (χ4n) is 5.44. The highest BCUT2D eigenvalue weighted by atomic mass is 16.3. The summed E-state index contributed by atoms with van der Waals surface area (Å²) in [4.78, 5) is 12.0. The van der Waals surface area contributed by atoms with Crippen molar-refractivity contribution in [1.82, 2.24) is 0 Å². The minimum atomic E-state index is -0.409. The van der Waals surface area contributed by atoms with Crippen molar-refractivity contribution in [2.24, 2.45) is 17.3 Å². The number of hydrogen-bond donors (Lipinski definition) is 2. The molecular formula is C20H30O3. The van der Waals surface area contributed by atoms with Gasteiger partial charge in [0.1, 0.15) is 5.78 Å². The molecule has 0 aromatic heterocycles. The standard InChI is InChI=1S/C20H30O3/c1-13(21)18-7-8-19-15(4-3-9-20(18,19)2)6-5-14-10-16(22)12-17(23)11-14/h5-6,16-19,22-23H,3-4,7-12H2,1-2H3/b15-6+/t16-,17-,18-,19+,20-/m1/s1. The third-order valence-corrected chi connectivity index (χ3v) is 6.53. The number of fused-ring (bicyclic) bond motifs is 1. The number of ketones is 1. The molecule has 0 unspecified atom stereocenters. The van der Waals surface area contributed by atoms with Gasteiger partial charge in [-0.25, -0.2) is 0 Å². The SMILES string of the molecule is CC(=O)[C@H]1CC[C@H]2/C(=C/C=C3C[C@@H](O)C[C@H](O)C3)CCC[C@]12C. The van der Waals surface area contributed by atoms with Gasteiger partial charge in [0.15, 0.2) is 0 Å². The first kappa shape index (κ1) is 16.9. The molecule has 3 rings (SSSR count). The van der Waals surface area contributed by atoms with Crippen molar-refractivity contribution < 1.29 is 15.0 Å². The number of aliphatic hydroxyl groups excluding tert-OH is 2. The van der Waals surface area contributed by atoms with Crippen molar-refractivity contribution in [2.45, 2.75) is 77.4 Å². The van der Waals surface area contributed by atoms with Crippen molar-refractivity contribution in [3.05, 3.63) is 23.3 Å². The molecule has 23 heavy (non-hydrogen) atoms. The Morgan fingerprint density at radius 1 is 1.17 bits per heavy atom. The molecule has 0 radical (unpaired) electrons. The quantitative estimate of drug-likeness (QED) is 0.818.